The zero-order valence-corrected chi connectivity index (χ0v) is 19.1. The number of hydrogen-bond donors (Lipinski definition) is 3. The number of nitrogens with zero attached hydrogens (tertiary/aromatic N) is 1. The third-order valence-corrected chi connectivity index (χ3v) is 6.18. The maximum atomic E-state index is 12.5. The molecule has 8 nitrogen and oxygen atoms in total. The highest BCUT2D eigenvalue weighted by Crippen LogP contribution is 2.41. The molecule has 172 valence electrons. The molecule has 0 saturated heterocycles. The zero-order chi connectivity index (χ0) is 23.3. The van der Waals surface area contributed by atoms with Gasteiger partial charge in [-0.25, -0.2) is 18.4 Å². The van der Waals surface area contributed by atoms with E-state index in [1.54, 1.807) is 18.3 Å². The van der Waals surface area contributed by atoms with Crippen LogP contribution in [0.4, 0.5) is 5.69 Å². The molecule has 1 aromatic heterocycles. The highest BCUT2D eigenvalue weighted by Gasteiger charge is 2.26. The number of H-pyrrole nitrogens is 1. The van der Waals surface area contributed by atoms with Gasteiger partial charge in [0.2, 0.25) is 10.0 Å². The Kier molecular flexibility index (Phi) is 7.42. The number of rotatable bonds is 11. The number of carboxylic acids is 1. The van der Waals surface area contributed by atoms with E-state index >= 15 is 0 Å². The fourth-order valence-electron chi connectivity index (χ4n) is 3.57. The molecule has 3 rings (SSSR count). The smallest absolute Gasteiger partial charge is 0.335 e. The maximum Gasteiger partial charge on any atom is 0.335 e. The Morgan fingerprint density at radius 2 is 1.81 bits per heavy atom. The summed E-state index contributed by atoms with van der Waals surface area (Å²) in [6.45, 7) is 5.39. The van der Waals surface area contributed by atoms with Crippen LogP contribution in [0.2, 0.25) is 0 Å². The molecule has 0 radical (unpaired) electrons. The van der Waals surface area contributed by atoms with Crippen molar-refractivity contribution in [3.63, 3.8) is 0 Å². The Hall–Kier alpha value is -3.04. The zero-order valence-electron chi connectivity index (χ0n) is 18.3. The molecule has 4 N–H and O–H groups in total. The van der Waals surface area contributed by atoms with Crippen LogP contribution in [0.5, 0.6) is 11.5 Å². The van der Waals surface area contributed by atoms with Crippen molar-refractivity contribution in [3.8, 4) is 11.5 Å². The average Bonchev–Trinajstić information content (AvgIpc) is 3.23. The van der Waals surface area contributed by atoms with E-state index in [0.717, 1.165) is 42.7 Å². The number of primary sulfonamides is 1. The maximum absolute atomic E-state index is 12.5. The van der Waals surface area contributed by atoms with Crippen LogP contribution in [0, 0.1) is 0 Å². The normalized spacial score (nSPS) is 11.6. The first-order valence-corrected chi connectivity index (χ1v) is 12.2. The highest BCUT2D eigenvalue weighted by molar-refractivity contribution is 7.89. The molecule has 0 fully saturated rings. The molecule has 1 heterocycles. The SMILES string of the molecule is CCCCN(CCCC)c1cc(C(=O)O)cc(S(N)(=O)=O)c1Oc1cccc2[nH]ccc12. The largest absolute Gasteiger partial charge is 0.478 e. The molecule has 0 aliphatic carbocycles. The molecule has 0 atom stereocenters. The quantitative estimate of drug-likeness (QED) is 0.381. The number of carboxylic acid groups (broad SMARTS) is 1. The van der Waals surface area contributed by atoms with Gasteiger partial charge in [0.15, 0.2) is 5.75 Å². The molecule has 32 heavy (non-hydrogen) atoms. The summed E-state index contributed by atoms with van der Waals surface area (Å²) in [6, 6.07) is 9.77. The summed E-state index contributed by atoms with van der Waals surface area (Å²) in [5, 5.41) is 15.9. The number of ether oxygens (including phenoxy) is 1. The van der Waals surface area contributed by atoms with Gasteiger partial charge in [0.05, 0.1) is 11.3 Å². The Morgan fingerprint density at radius 1 is 1.12 bits per heavy atom. The number of hydrogen-bond acceptors (Lipinski definition) is 5. The Balaban J connectivity index is 2.25. The highest BCUT2D eigenvalue weighted by atomic mass is 32.2. The van der Waals surface area contributed by atoms with Crippen LogP contribution in [0.3, 0.4) is 0 Å². The lowest BCUT2D eigenvalue weighted by molar-refractivity contribution is 0.0696. The van der Waals surface area contributed by atoms with Gasteiger partial charge in [-0.15, -0.1) is 0 Å². The van der Waals surface area contributed by atoms with Crippen molar-refractivity contribution < 1.29 is 23.1 Å². The van der Waals surface area contributed by atoms with Crippen molar-refractivity contribution in [2.24, 2.45) is 5.14 Å². The predicted molar refractivity (Wildman–Crippen MR) is 125 cm³/mol. The number of benzene rings is 2. The third-order valence-electron chi connectivity index (χ3n) is 5.26. The third kappa shape index (κ3) is 5.23. The van der Waals surface area contributed by atoms with Gasteiger partial charge in [-0.2, -0.15) is 0 Å². The van der Waals surface area contributed by atoms with Gasteiger partial charge in [-0.1, -0.05) is 32.8 Å². The van der Waals surface area contributed by atoms with Gasteiger partial charge in [-0.05, 0) is 43.2 Å². The molecule has 0 unspecified atom stereocenters. The van der Waals surface area contributed by atoms with E-state index in [1.807, 2.05) is 17.0 Å². The lowest BCUT2D eigenvalue weighted by atomic mass is 10.1. The van der Waals surface area contributed by atoms with E-state index in [4.69, 9.17) is 9.88 Å². The summed E-state index contributed by atoms with van der Waals surface area (Å²) in [4.78, 5) is 16.5. The molecule has 0 spiro atoms. The van der Waals surface area contributed by atoms with Gasteiger partial charge < -0.3 is 19.7 Å². The van der Waals surface area contributed by atoms with Crippen molar-refractivity contribution in [1.82, 2.24) is 4.98 Å². The van der Waals surface area contributed by atoms with E-state index in [2.05, 4.69) is 18.8 Å². The summed E-state index contributed by atoms with van der Waals surface area (Å²) in [6.07, 6.45) is 5.35. The molecule has 0 bridgehead atoms. The number of aromatic carboxylic acids is 1. The number of sulfonamides is 1. The van der Waals surface area contributed by atoms with Crippen molar-refractivity contribution in [2.75, 3.05) is 18.0 Å². The molecular formula is C23H29N3O5S. The van der Waals surface area contributed by atoms with Gasteiger partial charge in [0, 0.05) is 30.2 Å². The summed E-state index contributed by atoms with van der Waals surface area (Å²) in [7, 11) is -4.27. The van der Waals surface area contributed by atoms with Crippen LogP contribution in [-0.2, 0) is 10.0 Å². The first-order chi connectivity index (χ1) is 15.3. The van der Waals surface area contributed by atoms with Crippen molar-refractivity contribution in [1.29, 1.82) is 0 Å². The summed E-state index contributed by atoms with van der Waals surface area (Å²) in [5.41, 5.74) is 1.08. The second-order valence-electron chi connectivity index (χ2n) is 7.66. The number of unbranched alkanes of at least 4 members (excludes halogenated alkanes) is 2. The minimum Gasteiger partial charge on any atom is -0.478 e. The topological polar surface area (TPSA) is 126 Å². The van der Waals surface area contributed by atoms with E-state index in [-0.39, 0.29) is 16.2 Å². The van der Waals surface area contributed by atoms with Crippen molar-refractivity contribution >= 4 is 32.6 Å². The summed E-state index contributed by atoms with van der Waals surface area (Å²) < 4.78 is 31.2. The molecule has 0 aliphatic rings. The van der Waals surface area contributed by atoms with Crippen LogP contribution < -0.4 is 14.8 Å². The monoisotopic (exact) mass is 459 g/mol. The lowest BCUT2D eigenvalue weighted by Crippen LogP contribution is -2.27. The minimum absolute atomic E-state index is 0.0402. The van der Waals surface area contributed by atoms with Gasteiger partial charge in [0.25, 0.3) is 0 Å². The average molecular weight is 460 g/mol. The second-order valence-corrected chi connectivity index (χ2v) is 9.19. The van der Waals surface area contributed by atoms with E-state index < -0.39 is 16.0 Å². The number of aromatic nitrogens is 1. The molecular weight excluding hydrogens is 430 g/mol. The van der Waals surface area contributed by atoms with Gasteiger partial charge >= 0.3 is 5.97 Å². The molecule has 2 aromatic carbocycles. The molecule has 0 saturated carbocycles. The van der Waals surface area contributed by atoms with Crippen LogP contribution in [-0.4, -0.2) is 37.6 Å². The van der Waals surface area contributed by atoms with Gasteiger partial charge in [0.1, 0.15) is 10.6 Å². The van der Waals surface area contributed by atoms with Crippen LogP contribution in [0.25, 0.3) is 10.9 Å². The Bertz CT molecular complexity index is 1200. The van der Waals surface area contributed by atoms with Crippen LogP contribution in [0.15, 0.2) is 47.5 Å². The Labute approximate surface area is 188 Å². The first kappa shape index (κ1) is 23.6. The number of nitrogens with one attached hydrogen (secondary N) is 1. The standard InChI is InChI=1S/C23H29N3O5S/c1-3-5-12-26(13-6-4-2)19-14-16(23(27)28)15-21(32(24,29)30)22(19)31-20-9-7-8-18-17(20)10-11-25-18/h7-11,14-15,25H,3-6,12-13H2,1-2H3,(H,27,28)(H2,24,29,30). The first-order valence-electron chi connectivity index (χ1n) is 10.7. The van der Waals surface area contributed by atoms with Crippen molar-refractivity contribution in [3.05, 3.63) is 48.2 Å². The number of nitrogens with two attached hydrogens (primary N) is 1. The molecule has 3 aromatic rings. The molecule has 9 heteroatoms. The van der Waals surface area contributed by atoms with Gasteiger partial charge in [-0.3, -0.25) is 0 Å². The minimum atomic E-state index is -4.27. The summed E-state index contributed by atoms with van der Waals surface area (Å²) >= 11 is 0. The fourth-order valence-corrected chi connectivity index (χ4v) is 4.26. The molecule has 0 aliphatic heterocycles. The van der Waals surface area contributed by atoms with Crippen LogP contribution >= 0.6 is 0 Å². The second kappa shape index (κ2) is 10.1. The van der Waals surface area contributed by atoms with Crippen molar-refractivity contribution in [2.45, 2.75) is 44.4 Å². The Morgan fingerprint density at radius 3 is 2.41 bits per heavy atom. The van der Waals surface area contributed by atoms with E-state index in [9.17, 15) is 18.3 Å². The van der Waals surface area contributed by atoms with Crippen LogP contribution in [0.1, 0.15) is 49.9 Å². The van der Waals surface area contributed by atoms with E-state index in [0.29, 0.717) is 24.5 Å². The number of fused-ring (bicyclic) bond motifs is 1. The fraction of sp³-hybridized carbons (Fsp3) is 0.348. The number of aromatic amines is 1. The summed E-state index contributed by atoms with van der Waals surface area (Å²) in [5.74, 6) is -0.747. The lowest BCUT2D eigenvalue weighted by Gasteiger charge is -2.28. The predicted octanol–water partition coefficient (Wildman–Crippen LogP) is 4.71. The molecule has 0 amide bonds. The number of anilines is 1. The van der Waals surface area contributed by atoms with E-state index in [1.165, 1.54) is 6.07 Å². The number of carbonyl (C=O) groups is 1.